The van der Waals surface area contributed by atoms with Gasteiger partial charge >= 0.3 is 6.18 Å². The Balaban J connectivity index is 1.67. The lowest BCUT2D eigenvalue weighted by atomic mass is 9.96. The molecule has 4 aromatic rings. The Morgan fingerprint density at radius 2 is 1.69 bits per heavy atom. The largest absolute Gasteiger partial charge is 0.416 e. The second-order valence-electron chi connectivity index (χ2n) is 8.68. The van der Waals surface area contributed by atoms with E-state index in [0.29, 0.717) is 10.8 Å². The van der Waals surface area contributed by atoms with Crippen molar-refractivity contribution in [1.29, 1.82) is 0 Å². The second-order valence-corrected chi connectivity index (χ2v) is 9.99. The molecule has 5 rings (SSSR count). The maximum atomic E-state index is 13.4. The molecule has 0 amide bonds. The summed E-state index contributed by atoms with van der Waals surface area (Å²) in [5.74, 6) is 0. The van der Waals surface area contributed by atoms with Crippen LogP contribution in [0.4, 0.5) is 18.9 Å². The van der Waals surface area contributed by atoms with Crippen molar-refractivity contribution in [3.8, 4) is 5.69 Å². The van der Waals surface area contributed by atoms with Gasteiger partial charge in [0.25, 0.3) is 0 Å². The van der Waals surface area contributed by atoms with Gasteiger partial charge < -0.3 is 14.8 Å². The fraction of sp³-hybridized carbons (Fsp3) is 0.185. The number of benzene rings is 2. The van der Waals surface area contributed by atoms with E-state index in [0.717, 1.165) is 38.9 Å². The van der Waals surface area contributed by atoms with Crippen molar-refractivity contribution < 1.29 is 13.2 Å². The van der Waals surface area contributed by atoms with E-state index in [9.17, 15) is 13.2 Å². The van der Waals surface area contributed by atoms with E-state index in [1.165, 1.54) is 12.1 Å². The maximum absolute atomic E-state index is 13.4. The van der Waals surface area contributed by atoms with Gasteiger partial charge in [-0.15, -0.1) is 0 Å². The number of nitrogens with one attached hydrogen (secondary N) is 1. The Labute approximate surface area is 220 Å². The smallest absolute Gasteiger partial charge is 0.351 e. The third-order valence-corrected chi connectivity index (χ3v) is 7.27. The zero-order valence-electron chi connectivity index (χ0n) is 19.4. The standard InChI is InChI=1S/C27H22BrF3N4S/c1-16-14-22(17(2)34(16)21-7-5-6-18(15-21)27(29,30)31)25-24(23-8-3-4-13-32-23)33-26(36)35(25)20-11-9-19(28)10-12-20/h3-15,24-25H,1-2H3,(H,33,36)/t24-,25+/m0/s1. The van der Waals surface area contributed by atoms with Crippen LogP contribution in [0.2, 0.25) is 0 Å². The van der Waals surface area contributed by atoms with Gasteiger partial charge in [-0.2, -0.15) is 13.2 Å². The van der Waals surface area contributed by atoms with Crippen LogP contribution in [0, 0.1) is 13.8 Å². The minimum Gasteiger partial charge on any atom is -0.351 e. The summed E-state index contributed by atoms with van der Waals surface area (Å²) in [6.07, 6.45) is -2.68. The predicted molar refractivity (Wildman–Crippen MR) is 142 cm³/mol. The highest BCUT2D eigenvalue weighted by Crippen LogP contribution is 2.44. The van der Waals surface area contributed by atoms with E-state index in [4.69, 9.17) is 12.2 Å². The Kier molecular flexibility index (Phi) is 6.38. The van der Waals surface area contributed by atoms with Gasteiger partial charge in [-0.3, -0.25) is 4.98 Å². The van der Waals surface area contributed by atoms with Crippen molar-refractivity contribution in [1.82, 2.24) is 14.9 Å². The molecule has 0 spiro atoms. The highest BCUT2D eigenvalue weighted by atomic mass is 79.9. The molecular weight excluding hydrogens is 549 g/mol. The lowest BCUT2D eigenvalue weighted by Gasteiger charge is -2.28. The van der Waals surface area contributed by atoms with Gasteiger partial charge in [0, 0.05) is 33.4 Å². The number of halogens is 4. The molecule has 1 saturated heterocycles. The van der Waals surface area contributed by atoms with Crippen LogP contribution in [0.15, 0.2) is 83.5 Å². The quantitative estimate of drug-likeness (QED) is 0.258. The molecule has 2 aromatic carbocycles. The van der Waals surface area contributed by atoms with Crippen LogP contribution in [-0.4, -0.2) is 14.7 Å². The summed E-state index contributed by atoms with van der Waals surface area (Å²) < 4.78 is 43.1. The predicted octanol–water partition coefficient (Wildman–Crippen LogP) is 7.45. The first-order chi connectivity index (χ1) is 17.1. The average molecular weight is 571 g/mol. The molecule has 3 heterocycles. The summed E-state index contributed by atoms with van der Waals surface area (Å²) in [6, 6.07) is 20.5. The molecule has 4 nitrogen and oxygen atoms in total. The fourth-order valence-electron chi connectivity index (χ4n) is 4.86. The lowest BCUT2D eigenvalue weighted by molar-refractivity contribution is -0.137. The molecule has 0 radical (unpaired) electrons. The number of aryl methyl sites for hydroxylation is 1. The van der Waals surface area contributed by atoms with E-state index in [1.807, 2.05) is 66.9 Å². The molecule has 0 bridgehead atoms. The van der Waals surface area contributed by atoms with Crippen molar-refractivity contribution in [3.63, 3.8) is 0 Å². The number of nitrogens with zero attached hydrogens (tertiary/aromatic N) is 3. The number of rotatable bonds is 4. The average Bonchev–Trinajstić information content (AvgIpc) is 3.35. The molecular formula is C27H22BrF3N4S. The summed E-state index contributed by atoms with van der Waals surface area (Å²) in [5, 5.41) is 3.99. The summed E-state index contributed by atoms with van der Waals surface area (Å²) in [4.78, 5) is 6.64. The van der Waals surface area contributed by atoms with Gasteiger partial charge in [0.1, 0.15) is 0 Å². The SMILES string of the molecule is Cc1cc([C@@H]2[C@H](c3ccccn3)NC(=S)N2c2ccc(Br)cc2)c(C)n1-c1cccc(C(F)(F)F)c1. The van der Waals surface area contributed by atoms with E-state index >= 15 is 0 Å². The van der Waals surface area contributed by atoms with Crippen molar-refractivity contribution in [2.75, 3.05) is 4.90 Å². The van der Waals surface area contributed by atoms with E-state index in [2.05, 4.69) is 31.1 Å². The molecule has 1 aliphatic rings. The van der Waals surface area contributed by atoms with Crippen LogP contribution in [0.3, 0.4) is 0 Å². The van der Waals surface area contributed by atoms with Crippen molar-refractivity contribution in [2.24, 2.45) is 0 Å². The second kappa shape index (κ2) is 9.37. The Bertz CT molecular complexity index is 1420. The highest BCUT2D eigenvalue weighted by Gasteiger charge is 2.42. The number of hydrogen-bond acceptors (Lipinski definition) is 2. The summed E-state index contributed by atoms with van der Waals surface area (Å²) >= 11 is 9.27. The first kappa shape index (κ1) is 24.5. The molecule has 1 fully saturated rings. The summed E-state index contributed by atoms with van der Waals surface area (Å²) in [5.41, 5.74) is 4.14. The van der Waals surface area contributed by atoms with Crippen molar-refractivity contribution in [3.05, 3.63) is 112 Å². The molecule has 1 N–H and O–H groups in total. The zero-order valence-corrected chi connectivity index (χ0v) is 21.8. The first-order valence-electron chi connectivity index (χ1n) is 11.3. The Morgan fingerprint density at radius 1 is 0.944 bits per heavy atom. The molecule has 2 atom stereocenters. The van der Waals surface area contributed by atoms with Crippen LogP contribution in [-0.2, 0) is 6.18 Å². The lowest BCUT2D eigenvalue weighted by Crippen LogP contribution is -2.29. The van der Waals surface area contributed by atoms with Crippen LogP contribution in [0.5, 0.6) is 0 Å². The van der Waals surface area contributed by atoms with Crippen LogP contribution >= 0.6 is 28.1 Å². The number of thiocarbonyl (C=S) groups is 1. The molecule has 1 aliphatic heterocycles. The minimum atomic E-state index is -4.42. The third-order valence-electron chi connectivity index (χ3n) is 6.42. The Morgan fingerprint density at radius 3 is 2.36 bits per heavy atom. The molecule has 36 heavy (non-hydrogen) atoms. The molecule has 184 valence electrons. The number of aromatic nitrogens is 2. The van der Waals surface area contributed by atoms with Gasteiger partial charge in [0.05, 0.1) is 23.3 Å². The number of anilines is 1. The summed E-state index contributed by atoms with van der Waals surface area (Å²) in [6.45, 7) is 3.83. The number of alkyl halides is 3. The van der Waals surface area contributed by atoms with E-state index in [-0.39, 0.29) is 12.1 Å². The van der Waals surface area contributed by atoms with Crippen LogP contribution in [0.25, 0.3) is 5.69 Å². The number of pyridine rings is 1. The molecule has 0 unspecified atom stereocenters. The third kappa shape index (κ3) is 4.41. The van der Waals surface area contributed by atoms with Crippen LogP contribution in [0.1, 0.15) is 40.3 Å². The van der Waals surface area contributed by atoms with E-state index < -0.39 is 11.7 Å². The van der Waals surface area contributed by atoms with Crippen molar-refractivity contribution >= 4 is 38.9 Å². The fourth-order valence-corrected chi connectivity index (χ4v) is 5.47. The van der Waals surface area contributed by atoms with Gasteiger partial charge in [0.2, 0.25) is 0 Å². The van der Waals surface area contributed by atoms with Crippen LogP contribution < -0.4 is 10.2 Å². The molecule has 2 aromatic heterocycles. The molecule has 0 saturated carbocycles. The van der Waals surface area contributed by atoms with Crippen molar-refractivity contribution in [2.45, 2.75) is 32.1 Å². The minimum absolute atomic E-state index is 0.252. The first-order valence-corrected chi connectivity index (χ1v) is 12.5. The molecule has 9 heteroatoms. The van der Waals surface area contributed by atoms with Gasteiger partial charge in [-0.1, -0.05) is 28.1 Å². The van der Waals surface area contributed by atoms with E-state index in [1.54, 1.807) is 12.3 Å². The maximum Gasteiger partial charge on any atom is 0.416 e. The topological polar surface area (TPSA) is 33.1 Å². The monoisotopic (exact) mass is 570 g/mol. The van der Waals surface area contributed by atoms with Gasteiger partial charge in [-0.05, 0) is 92.3 Å². The zero-order chi connectivity index (χ0) is 25.6. The normalized spacial score (nSPS) is 17.9. The molecule has 0 aliphatic carbocycles. The van der Waals surface area contributed by atoms with Gasteiger partial charge in [-0.25, -0.2) is 0 Å². The Hall–Kier alpha value is -3.17. The highest BCUT2D eigenvalue weighted by molar-refractivity contribution is 9.10. The number of hydrogen-bond donors (Lipinski definition) is 1. The van der Waals surface area contributed by atoms with Gasteiger partial charge in [0.15, 0.2) is 5.11 Å². The summed E-state index contributed by atoms with van der Waals surface area (Å²) in [7, 11) is 0.